The molecule has 7 heteroatoms. The summed E-state index contributed by atoms with van der Waals surface area (Å²) in [5.74, 6) is 0. The molecule has 0 saturated heterocycles. The molecule has 0 atom stereocenters. The number of nitriles is 1. The summed E-state index contributed by atoms with van der Waals surface area (Å²) in [5, 5.41) is 8.91. The molecule has 0 aliphatic carbocycles. The number of rotatable bonds is 5. The number of hydrogen-bond donors (Lipinski definition) is 1. The summed E-state index contributed by atoms with van der Waals surface area (Å²) >= 11 is 7.45. The number of thioether (sulfide) groups is 1. The van der Waals surface area contributed by atoms with E-state index >= 15 is 0 Å². The van der Waals surface area contributed by atoms with E-state index in [4.69, 9.17) is 16.9 Å². The van der Waals surface area contributed by atoms with Gasteiger partial charge in [0, 0.05) is 11.3 Å². The molecule has 1 rings (SSSR count). The largest absolute Gasteiger partial charge is 0.242 e. The van der Waals surface area contributed by atoms with Crippen LogP contribution in [0.2, 0.25) is 5.02 Å². The second-order valence-electron chi connectivity index (χ2n) is 4.55. The van der Waals surface area contributed by atoms with Gasteiger partial charge < -0.3 is 0 Å². The third-order valence-electron chi connectivity index (χ3n) is 2.59. The van der Waals surface area contributed by atoms with Crippen LogP contribution in [-0.4, -0.2) is 26.0 Å². The maximum Gasteiger partial charge on any atom is 0.242 e. The van der Waals surface area contributed by atoms with Gasteiger partial charge in [-0.2, -0.15) is 17.0 Å². The van der Waals surface area contributed by atoms with Crippen molar-refractivity contribution in [1.29, 1.82) is 5.26 Å². The first-order valence-corrected chi connectivity index (χ1v) is 8.55. The highest BCUT2D eigenvalue weighted by Gasteiger charge is 2.23. The highest BCUT2D eigenvalue weighted by Crippen LogP contribution is 2.24. The molecule has 104 valence electrons. The zero-order chi connectivity index (χ0) is 14.7. The Morgan fingerprint density at radius 3 is 2.63 bits per heavy atom. The molecular formula is C12H15ClN2O2S2. The van der Waals surface area contributed by atoms with Crippen LogP contribution in [0.3, 0.4) is 0 Å². The molecule has 0 amide bonds. The Morgan fingerprint density at radius 1 is 1.47 bits per heavy atom. The van der Waals surface area contributed by atoms with E-state index in [1.165, 1.54) is 18.2 Å². The van der Waals surface area contributed by atoms with Crippen molar-refractivity contribution in [2.75, 3.05) is 12.8 Å². The molecule has 4 nitrogen and oxygen atoms in total. The van der Waals surface area contributed by atoms with Gasteiger partial charge in [-0.05, 0) is 38.3 Å². The number of halogens is 1. The summed E-state index contributed by atoms with van der Waals surface area (Å²) in [6, 6.07) is 6.06. The van der Waals surface area contributed by atoms with Crippen molar-refractivity contribution in [2.45, 2.75) is 23.5 Å². The monoisotopic (exact) mass is 318 g/mol. The number of nitrogens with one attached hydrogen (secondary N) is 1. The van der Waals surface area contributed by atoms with E-state index in [9.17, 15) is 8.42 Å². The van der Waals surface area contributed by atoms with Gasteiger partial charge in [0.15, 0.2) is 0 Å². The van der Waals surface area contributed by atoms with Crippen molar-refractivity contribution in [2.24, 2.45) is 0 Å². The van der Waals surface area contributed by atoms with Gasteiger partial charge in [0.1, 0.15) is 4.90 Å². The van der Waals surface area contributed by atoms with Crippen LogP contribution in [0.4, 0.5) is 0 Å². The smallest absolute Gasteiger partial charge is 0.210 e. The van der Waals surface area contributed by atoms with E-state index in [0.717, 1.165) is 0 Å². The molecule has 0 spiro atoms. The van der Waals surface area contributed by atoms with Gasteiger partial charge in [-0.25, -0.2) is 13.1 Å². The third-order valence-corrected chi connectivity index (χ3v) is 5.72. The van der Waals surface area contributed by atoms with Gasteiger partial charge in [-0.1, -0.05) is 11.6 Å². The lowest BCUT2D eigenvalue weighted by molar-refractivity contribution is 0.571. The van der Waals surface area contributed by atoms with Gasteiger partial charge in [-0.15, -0.1) is 0 Å². The molecule has 1 aromatic rings. The van der Waals surface area contributed by atoms with Crippen LogP contribution in [0.1, 0.15) is 19.4 Å². The fourth-order valence-electron chi connectivity index (χ4n) is 1.20. The average Bonchev–Trinajstić information content (AvgIpc) is 2.37. The topological polar surface area (TPSA) is 70.0 Å². The Kier molecular flexibility index (Phi) is 5.27. The predicted molar refractivity (Wildman–Crippen MR) is 78.9 cm³/mol. The summed E-state index contributed by atoms with van der Waals surface area (Å²) in [6.07, 6.45) is 1.91. The highest BCUT2D eigenvalue weighted by molar-refractivity contribution is 8.00. The van der Waals surface area contributed by atoms with E-state index in [1.807, 2.05) is 26.2 Å². The minimum atomic E-state index is -3.71. The number of hydrogen-bond acceptors (Lipinski definition) is 4. The predicted octanol–water partition coefficient (Wildman–Crippen LogP) is 2.63. The fourth-order valence-corrected chi connectivity index (χ4v) is 3.24. The Bertz CT molecular complexity index is 607. The van der Waals surface area contributed by atoms with Gasteiger partial charge in [0.2, 0.25) is 10.0 Å². The standard InChI is InChI=1S/C12H15ClN2O2S2/c1-12(2,18-3)8-15-19(16,17)11-6-9(7-14)4-5-10(11)13/h4-6,15H,8H2,1-3H3. The number of nitrogens with zero attached hydrogens (tertiary/aromatic N) is 1. The van der Waals surface area contributed by atoms with Gasteiger partial charge in [0.05, 0.1) is 16.7 Å². The summed E-state index contributed by atoms with van der Waals surface area (Å²) in [6.45, 7) is 4.16. The first-order valence-electron chi connectivity index (χ1n) is 5.46. The molecule has 0 aliphatic heterocycles. The molecule has 1 aromatic carbocycles. The maximum absolute atomic E-state index is 12.2. The summed E-state index contributed by atoms with van der Waals surface area (Å²) < 4.78 is 26.6. The summed E-state index contributed by atoms with van der Waals surface area (Å²) in [7, 11) is -3.71. The second-order valence-corrected chi connectivity index (χ2v) is 8.20. The van der Waals surface area contributed by atoms with Crippen molar-refractivity contribution < 1.29 is 8.42 Å². The molecule has 19 heavy (non-hydrogen) atoms. The fraction of sp³-hybridized carbons (Fsp3) is 0.417. The quantitative estimate of drug-likeness (QED) is 0.906. The second kappa shape index (κ2) is 6.14. The molecule has 1 N–H and O–H groups in total. The van der Waals surface area contributed by atoms with E-state index in [1.54, 1.807) is 11.8 Å². The SMILES string of the molecule is CSC(C)(C)CNS(=O)(=O)c1cc(C#N)ccc1Cl. The minimum Gasteiger partial charge on any atom is -0.210 e. The summed E-state index contributed by atoms with van der Waals surface area (Å²) in [4.78, 5) is -0.0647. The van der Waals surface area contributed by atoms with Crippen LogP contribution >= 0.6 is 23.4 Å². The Balaban J connectivity index is 3.05. The molecule has 0 fully saturated rings. The Morgan fingerprint density at radius 2 is 2.11 bits per heavy atom. The van der Waals surface area contributed by atoms with Crippen molar-refractivity contribution in [3.8, 4) is 6.07 Å². The van der Waals surface area contributed by atoms with E-state index in [2.05, 4.69) is 4.72 Å². The Hall–Kier alpha value is -0.740. The summed E-state index contributed by atoms with van der Waals surface area (Å²) in [5.41, 5.74) is 0.258. The molecule has 0 unspecified atom stereocenters. The van der Waals surface area contributed by atoms with Crippen LogP contribution in [0.5, 0.6) is 0 Å². The van der Waals surface area contributed by atoms with Crippen molar-refractivity contribution >= 4 is 33.4 Å². The lowest BCUT2D eigenvalue weighted by Crippen LogP contribution is -2.36. The van der Waals surface area contributed by atoms with Crippen LogP contribution < -0.4 is 4.72 Å². The molecule has 0 heterocycles. The zero-order valence-electron chi connectivity index (χ0n) is 10.9. The zero-order valence-corrected chi connectivity index (χ0v) is 13.3. The third kappa shape index (κ3) is 4.39. The van der Waals surface area contributed by atoms with Crippen LogP contribution in [0, 0.1) is 11.3 Å². The Labute approximate surface area is 123 Å². The van der Waals surface area contributed by atoms with E-state index < -0.39 is 10.0 Å². The van der Waals surface area contributed by atoms with Crippen molar-refractivity contribution in [3.63, 3.8) is 0 Å². The maximum atomic E-state index is 12.2. The van der Waals surface area contributed by atoms with Crippen molar-refractivity contribution in [3.05, 3.63) is 28.8 Å². The highest BCUT2D eigenvalue weighted by atomic mass is 35.5. The van der Waals surface area contributed by atoms with Crippen LogP contribution in [0.25, 0.3) is 0 Å². The van der Waals surface area contributed by atoms with Gasteiger partial charge >= 0.3 is 0 Å². The molecular weight excluding hydrogens is 304 g/mol. The molecule has 0 saturated carbocycles. The van der Waals surface area contributed by atoms with Crippen LogP contribution in [0.15, 0.2) is 23.1 Å². The first kappa shape index (κ1) is 16.3. The van der Waals surface area contributed by atoms with Crippen LogP contribution in [-0.2, 0) is 10.0 Å². The number of sulfonamides is 1. The first-order chi connectivity index (χ1) is 8.72. The van der Waals surface area contributed by atoms with Gasteiger partial charge in [0.25, 0.3) is 0 Å². The lowest BCUT2D eigenvalue weighted by Gasteiger charge is -2.22. The molecule has 0 radical (unpaired) electrons. The molecule has 0 aromatic heterocycles. The van der Waals surface area contributed by atoms with E-state index in [0.29, 0.717) is 0 Å². The van der Waals surface area contributed by atoms with Gasteiger partial charge in [-0.3, -0.25) is 0 Å². The lowest BCUT2D eigenvalue weighted by atomic mass is 10.2. The minimum absolute atomic E-state index is 0.0647. The molecule has 0 aliphatic rings. The molecule has 0 bridgehead atoms. The average molecular weight is 319 g/mol. The van der Waals surface area contributed by atoms with E-state index in [-0.39, 0.29) is 26.8 Å². The van der Waals surface area contributed by atoms with Crippen molar-refractivity contribution in [1.82, 2.24) is 4.72 Å². The normalized spacial score (nSPS) is 12.2. The number of benzene rings is 1.